The number of aliphatic hydroxyl groups excluding tert-OH is 1. The summed E-state index contributed by atoms with van der Waals surface area (Å²) in [4.78, 5) is 0. The van der Waals surface area contributed by atoms with Crippen LogP contribution in [-0.4, -0.2) is 11.2 Å². The van der Waals surface area contributed by atoms with Crippen molar-refractivity contribution in [1.29, 1.82) is 0 Å². The van der Waals surface area contributed by atoms with Gasteiger partial charge in [-0.25, -0.2) is 0 Å². The van der Waals surface area contributed by atoms with Crippen molar-refractivity contribution in [1.82, 2.24) is 0 Å². The number of aliphatic hydroxyl groups is 1. The van der Waals surface area contributed by atoms with E-state index in [2.05, 4.69) is 5.92 Å². The van der Waals surface area contributed by atoms with Crippen LogP contribution in [0, 0.1) is 18.3 Å². The van der Waals surface area contributed by atoms with Crippen LogP contribution in [0.4, 0.5) is 0 Å². The molecule has 0 radical (unpaired) electrons. The van der Waals surface area contributed by atoms with Gasteiger partial charge in [-0.05, 0) is 25.2 Å². The van der Waals surface area contributed by atoms with Crippen LogP contribution >= 0.6 is 0 Å². The van der Waals surface area contributed by atoms with Crippen LogP contribution < -0.4 is 0 Å². The van der Waals surface area contributed by atoms with Crippen LogP contribution in [0.3, 0.4) is 0 Å². The molecule has 62 valence electrons. The van der Waals surface area contributed by atoms with Gasteiger partial charge in [0.05, 0.1) is 6.10 Å². The molecule has 1 heteroatoms. The van der Waals surface area contributed by atoms with E-state index >= 15 is 0 Å². The summed E-state index contributed by atoms with van der Waals surface area (Å²) in [7, 11) is 0. The summed E-state index contributed by atoms with van der Waals surface area (Å²) in [5.41, 5.74) is 0. The van der Waals surface area contributed by atoms with Crippen molar-refractivity contribution >= 4 is 0 Å². The Morgan fingerprint density at radius 3 is 2.64 bits per heavy atom. The Bertz CT molecular complexity index is 139. The van der Waals surface area contributed by atoms with Gasteiger partial charge in [-0.2, -0.15) is 0 Å². The number of hydrogen-bond acceptors (Lipinski definition) is 1. The second-order valence-corrected chi connectivity index (χ2v) is 3.35. The molecular weight excluding hydrogens is 136 g/mol. The summed E-state index contributed by atoms with van der Waals surface area (Å²) in [6.07, 6.45) is 11.5. The van der Waals surface area contributed by atoms with Gasteiger partial charge < -0.3 is 5.11 Å². The minimum atomic E-state index is -0.131. The number of rotatable bonds is 3. The molecule has 1 saturated carbocycles. The molecule has 1 fully saturated rings. The molecule has 0 amide bonds. The Labute approximate surface area is 68.8 Å². The monoisotopic (exact) mass is 152 g/mol. The smallest absolute Gasteiger partial charge is 0.0577 e. The molecule has 1 unspecified atom stereocenters. The molecule has 0 bridgehead atoms. The van der Waals surface area contributed by atoms with Gasteiger partial charge in [0.1, 0.15) is 0 Å². The van der Waals surface area contributed by atoms with Crippen molar-refractivity contribution in [3.05, 3.63) is 0 Å². The van der Waals surface area contributed by atoms with Gasteiger partial charge in [0.15, 0.2) is 0 Å². The normalized spacial score (nSPS) is 21.5. The van der Waals surface area contributed by atoms with E-state index in [9.17, 15) is 5.11 Å². The maximum Gasteiger partial charge on any atom is 0.0577 e. The van der Waals surface area contributed by atoms with Crippen molar-refractivity contribution in [3.8, 4) is 12.3 Å². The standard InChI is InChI=1S/C10H16O/c1-2-3-8-10(11)9-6-4-5-7-9/h1,9-11H,3-8H2. The molecule has 1 rings (SSSR count). The fourth-order valence-corrected chi connectivity index (χ4v) is 1.81. The van der Waals surface area contributed by atoms with Gasteiger partial charge in [-0.3, -0.25) is 0 Å². The Balaban J connectivity index is 2.18. The molecule has 0 aromatic rings. The summed E-state index contributed by atoms with van der Waals surface area (Å²) >= 11 is 0. The molecule has 1 N–H and O–H groups in total. The Hall–Kier alpha value is -0.480. The fraction of sp³-hybridized carbons (Fsp3) is 0.800. The largest absolute Gasteiger partial charge is 0.393 e. The highest BCUT2D eigenvalue weighted by Gasteiger charge is 2.22. The van der Waals surface area contributed by atoms with Crippen molar-refractivity contribution in [2.45, 2.75) is 44.6 Å². The van der Waals surface area contributed by atoms with Gasteiger partial charge in [-0.1, -0.05) is 12.8 Å². The van der Waals surface area contributed by atoms with E-state index in [1.165, 1.54) is 25.7 Å². The second-order valence-electron chi connectivity index (χ2n) is 3.35. The fourth-order valence-electron chi connectivity index (χ4n) is 1.81. The maximum atomic E-state index is 9.58. The van der Waals surface area contributed by atoms with E-state index in [4.69, 9.17) is 6.42 Å². The first-order valence-electron chi connectivity index (χ1n) is 4.46. The van der Waals surface area contributed by atoms with Gasteiger partial charge in [0.25, 0.3) is 0 Å². The zero-order chi connectivity index (χ0) is 8.10. The van der Waals surface area contributed by atoms with Crippen molar-refractivity contribution in [2.75, 3.05) is 0 Å². The average molecular weight is 152 g/mol. The van der Waals surface area contributed by atoms with Crippen LogP contribution in [0.25, 0.3) is 0 Å². The lowest BCUT2D eigenvalue weighted by molar-refractivity contribution is 0.103. The van der Waals surface area contributed by atoms with Crippen LogP contribution in [0.1, 0.15) is 38.5 Å². The van der Waals surface area contributed by atoms with E-state index in [1.54, 1.807) is 0 Å². The van der Waals surface area contributed by atoms with Gasteiger partial charge in [0, 0.05) is 6.42 Å². The lowest BCUT2D eigenvalue weighted by atomic mass is 9.97. The predicted molar refractivity (Wildman–Crippen MR) is 46.0 cm³/mol. The second kappa shape index (κ2) is 4.41. The van der Waals surface area contributed by atoms with Crippen LogP contribution in [-0.2, 0) is 0 Å². The van der Waals surface area contributed by atoms with Gasteiger partial charge in [0.2, 0.25) is 0 Å². The third kappa shape index (κ3) is 2.55. The summed E-state index contributed by atoms with van der Waals surface area (Å²) in [6.45, 7) is 0. The number of hydrogen-bond donors (Lipinski definition) is 1. The van der Waals surface area contributed by atoms with Crippen molar-refractivity contribution < 1.29 is 5.11 Å². The first kappa shape index (κ1) is 8.62. The van der Waals surface area contributed by atoms with Crippen LogP contribution in [0.15, 0.2) is 0 Å². The van der Waals surface area contributed by atoms with E-state index in [0.717, 1.165) is 12.8 Å². The molecule has 11 heavy (non-hydrogen) atoms. The van der Waals surface area contributed by atoms with E-state index in [0.29, 0.717) is 5.92 Å². The molecule has 0 saturated heterocycles. The van der Waals surface area contributed by atoms with Gasteiger partial charge >= 0.3 is 0 Å². The lowest BCUT2D eigenvalue weighted by Gasteiger charge is -2.15. The minimum Gasteiger partial charge on any atom is -0.393 e. The summed E-state index contributed by atoms with van der Waals surface area (Å²) in [6, 6.07) is 0. The number of terminal acetylenes is 1. The summed E-state index contributed by atoms with van der Waals surface area (Å²) < 4.78 is 0. The van der Waals surface area contributed by atoms with E-state index in [-0.39, 0.29) is 6.10 Å². The SMILES string of the molecule is C#CCCC(O)C1CCCC1. The Kier molecular flexibility index (Phi) is 3.45. The zero-order valence-corrected chi connectivity index (χ0v) is 6.92. The van der Waals surface area contributed by atoms with Crippen molar-refractivity contribution in [3.63, 3.8) is 0 Å². The van der Waals surface area contributed by atoms with Crippen LogP contribution in [0.2, 0.25) is 0 Å². The molecule has 0 aliphatic heterocycles. The molecule has 0 spiro atoms. The average Bonchev–Trinajstić information content (AvgIpc) is 2.52. The van der Waals surface area contributed by atoms with Crippen molar-refractivity contribution in [2.24, 2.45) is 5.92 Å². The first-order chi connectivity index (χ1) is 5.34. The van der Waals surface area contributed by atoms with Gasteiger partial charge in [-0.15, -0.1) is 12.3 Å². The highest BCUT2D eigenvalue weighted by Crippen LogP contribution is 2.29. The Morgan fingerprint density at radius 1 is 1.45 bits per heavy atom. The molecule has 1 nitrogen and oxygen atoms in total. The minimum absolute atomic E-state index is 0.131. The molecule has 1 aliphatic rings. The highest BCUT2D eigenvalue weighted by atomic mass is 16.3. The Morgan fingerprint density at radius 2 is 2.09 bits per heavy atom. The van der Waals surface area contributed by atoms with E-state index < -0.39 is 0 Å². The quantitative estimate of drug-likeness (QED) is 0.613. The highest BCUT2D eigenvalue weighted by molar-refractivity contribution is 4.86. The molecular formula is C10H16O. The lowest BCUT2D eigenvalue weighted by Crippen LogP contribution is -2.16. The molecule has 0 heterocycles. The maximum absolute atomic E-state index is 9.58. The third-order valence-electron chi connectivity index (χ3n) is 2.53. The zero-order valence-electron chi connectivity index (χ0n) is 6.92. The summed E-state index contributed by atoms with van der Waals surface area (Å²) in [5.74, 6) is 3.11. The van der Waals surface area contributed by atoms with Crippen LogP contribution in [0.5, 0.6) is 0 Å². The molecule has 1 aliphatic carbocycles. The predicted octanol–water partition coefficient (Wildman–Crippen LogP) is 1.95. The third-order valence-corrected chi connectivity index (χ3v) is 2.53. The van der Waals surface area contributed by atoms with E-state index in [1.807, 2.05) is 0 Å². The first-order valence-corrected chi connectivity index (χ1v) is 4.46. The topological polar surface area (TPSA) is 20.2 Å². The molecule has 0 aromatic carbocycles. The molecule has 1 atom stereocenters. The summed E-state index contributed by atoms with van der Waals surface area (Å²) in [5, 5.41) is 9.58. The molecule has 0 aromatic heterocycles.